The number of carbonyl (C=O) groups is 3. The zero-order chi connectivity index (χ0) is 19.1. The molecule has 0 saturated carbocycles. The normalized spacial score (nSPS) is 13.0. The summed E-state index contributed by atoms with van der Waals surface area (Å²) in [6.45, 7) is 1.49. The van der Waals surface area contributed by atoms with Crippen LogP contribution in [-0.4, -0.2) is 28.0 Å². The van der Waals surface area contributed by atoms with E-state index in [1.807, 2.05) is 0 Å². The molecule has 27 heavy (non-hydrogen) atoms. The number of imide groups is 1. The second-order valence-electron chi connectivity index (χ2n) is 5.80. The van der Waals surface area contributed by atoms with Crippen LogP contribution in [0.5, 0.6) is 0 Å². The number of rotatable bonds is 3. The number of halogens is 1. The molecule has 0 fully saturated rings. The van der Waals surface area contributed by atoms with Crippen LogP contribution < -0.4 is 0 Å². The Labute approximate surface area is 151 Å². The minimum atomic E-state index is -0.984. The summed E-state index contributed by atoms with van der Waals surface area (Å²) in [5, 5.41) is 4.21. The van der Waals surface area contributed by atoms with Crippen molar-refractivity contribution >= 4 is 17.8 Å². The SMILES string of the molecule is Cc1onc(-c2ccc(F)cc2)c1C(=O)ON1C(=O)c2ccccc2C1=O. The molecule has 2 amide bonds. The van der Waals surface area contributed by atoms with E-state index in [4.69, 9.17) is 9.36 Å². The third kappa shape index (κ3) is 2.67. The molecule has 0 N–H and O–H groups in total. The van der Waals surface area contributed by atoms with Crippen molar-refractivity contribution in [2.45, 2.75) is 6.92 Å². The molecule has 7 nitrogen and oxygen atoms in total. The van der Waals surface area contributed by atoms with E-state index in [1.54, 1.807) is 12.1 Å². The second kappa shape index (κ2) is 6.17. The van der Waals surface area contributed by atoms with Gasteiger partial charge in [0.1, 0.15) is 22.8 Å². The van der Waals surface area contributed by atoms with E-state index in [0.717, 1.165) is 0 Å². The minimum absolute atomic E-state index is 0.0573. The smallest absolute Gasteiger partial charge is 0.360 e. The first-order valence-electron chi connectivity index (χ1n) is 7.89. The van der Waals surface area contributed by atoms with Crippen LogP contribution in [0.4, 0.5) is 4.39 Å². The molecule has 0 spiro atoms. The average molecular weight is 366 g/mol. The number of hydrogen-bond acceptors (Lipinski definition) is 6. The van der Waals surface area contributed by atoms with Crippen LogP contribution in [0.25, 0.3) is 11.3 Å². The number of hydrogen-bond donors (Lipinski definition) is 0. The molecule has 0 bridgehead atoms. The van der Waals surface area contributed by atoms with Gasteiger partial charge in [-0.3, -0.25) is 9.59 Å². The number of carbonyl (C=O) groups excluding carboxylic acids is 3. The first-order chi connectivity index (χ1) is 13.0. The van der Waals surface area contributed by atoms with Gasteiger partial charge in [-0.2, -0.15) is 0 Å². The van der Waals surface area contributed by atoms with Crippen molar-refractivity contribution in [3.63, 3.8) is 0 Å². The van der Waals surface area contributed by atoms with Gasteiger partial charge in [0.2, 0.25) is 0 Å². The van der Waals surface area contributed by atoms with Crippen LogP contribution in [0.3, 0.4) is 0 Å². The molecule has 2 heterocycles. The Bertz CT molecular complexity index is 1050. The Morgan fingerprint density at radius 1 is 1.04 bits per heavy atom. The summed E-state index contributed by atoms with van der Waals surface area (Å²) in [6, 6.07) is 11.4. The van der Waals surface area contributed by atoms with E-state index < -0.39 is 23.6 Å². The first kappa shape index (κ1) is 16.6. The molecule has 8 heteroatoms. The molecule has 134 valence electrons. The van der Waals surface area contributed by atoms with Crippen LogP contribution in [0.1, 0.15) is 36.8 Å². The van der Waals surface area contributed by atoms with Gasteiger partial charge in [-0.05, 0) is 43.3 Å². The van der Waals surface area contributed by atoms with Crippen LogP contribution in [-0.2, 0) is 4.84 Å². The fourth-order valence-corrected chi connectivity index (χ4v) is 2.80. The van der Waals surface area contributed by atoms with Crippen molar-refractivity contribution in [2.75, 3.05) is 0 Å². The van der Waals surface area contributed by atoms with Gasteiger partial charge in [0.25, 0.3) is 11.8 Å². The maximum absolute atomic E-state index is 13.1. The molecule has 4 rings (SSSR count). The third-order valence-corrected chi connectivity index (χ3v) is 4.12. The van der Waals surface area contributed by atoms with E-state index in [2.05, 4.69) is 5.16 Å². The molecule has 1 aromatic heterocycles. The lowest BCUT2D eigenvalue weighted by atomic mass is 10.1. The molecule has 3 aromatic rings. The van der Waals surface area contributed by atoms with E-state index in [1.165, 1.54) is 43.3 Å². The highest BCUT2D eigenvalue weighted by molar-refractivity contribution is 6.21. The van der Waals surface area contributed by atoms with Gasteiger partial charge in [0.15, 0.2) is 0 Å². The van der Waals surface area contributed by atoms with Crippen LogP contribution in [0.15, 0.2) is 53.1 Å². The maximum Gasteiger partial charge on any atom is 0.369 e. The predicted molar refractivity (Wildman–Crippen MR) is 89.0 cm³/mol. The van der Waals surface area contributed by atoms with Crippen molar-refractivity contribution in [3.05, 3.63) is 76.8 Å². The lowest BCUT2D eigenvalue weighted by Gasteiger charge is -2.12. The monoisotopic (exact) mass is 366 g/mol. The van der Waals surface area contributed by atoms with E-state index in [9.17, 15) is 18.8 Å². The number of aromatic nitrogens is 1. The number of benzene rings is 2. The first-order valence-corrected chi connectivity index (χ1v) is 7.89. The van der Waals surface area contributed by atoms with E-state index >= 15 is 0 Å². The minimum Gasteiger partial charge on any atom is -0.360 e. The molecule has 1 aliphatic rings. The Morgan fingerprint density at radius 3 is 2.22 bits per heavy atom. The fourth-order valence-electron chi connectivity index (χ4n) is 2.80. The third-order valence-electron chi connectivity index (χ3n) is 4.12. The molecule has 0 saturated heterocycles. The summed E-state index contributed by atoms with van der Waals surface area (Å²) in [4.78, 5) is 42.4. The highest BCUT2D eigenvalue weighted by Crippen LogP contribution is 2.28. The van der Waals surface area contributed by atoms with E-state index in [0.29, 0.717) is 10.6 Å². The van der Waals surface area contributed by atoms with Gasteiger partial charge in [-0.1, -0.05) is 22.4 Å². The summed E-state index contributed by atoms with van der Waals surface area (Å²) < 4.78 is 18.2. The van der Waals surface area contributed by atoms with Crippen molar-refractivity contribution in [2.24, 2.45) is 0 Å². The Balaban J connectivity index is 1.65. The Morgan fingerprint density at radius 2 is 1.63 bits per heavy atom. The summed E-state index contributed by atoms with van der Waals surface area (Å²) in [5.74, 6) is -2.77. The molecule has 0 atom stereocenters. The number of hydroxylamine groups is 2. The highest BCUT2D eigenvalue weighted by atomic mass is 19.1. The Kier molecular flexibility index (Phi) is 3.80. The maximum atomic E-state index is 13.1. The van der Waals surface area contributed by atoms with Gasteiger partial charge < -0.3 is 9.36 Å². The van der Waals surface area contributed by atoms with Crippen molar-refractivity contribution in [1.82, 2.24) is 10.2 Å². The molecular weight excluding hydrogens is 355 g/mol. The molecular formula is C19H11FN2O5. The molecule has 1 aliphatic heterocycles. The van der Waals surface area contributed by atoms with Gasteiger partial charge in [0, 0.05) is 5.56 Å². The molecule has 2 aromatic carbocycles. The van der Waals surface area contributed by atoms with E-state index in [-0.39, 0.29) is 28.1 Å². The summed E-state index contributed by atoms with van der Waals surface area (Å²) in [6.07, 6.45) is 0. The van der Waals surface area contributed by atoms with Crippen LogP contribution >= 0.6 is 0 Å². The van der Waals surface area contributed by atoms with Gasteiger partial charge in [-0.25, -0.2) is 9.18 Å². The summed E-state index contributed by atoms with van der Waals surface area (Å²) in [7, 11) is 0. The lowest BCUT2D eigenvalue weighted by molar-refractivity contribution is -0.0585. The zero-order valence-corrected chi connectivity index (χ0v) is 13.9. The lowest BCUT2D eigenvalue weighted by Crippen LogP contribution is -2.32. The van der Waals surface area contributed by atoms with Crippen molar-refractivity contribution < 1.29 is 28.1 Å². The number of aryl methyl sites for hydroxylation is 1. The average Bonchev–Trinajstić information content (AvgIpc) is 3.16. The van der Waals surface area contributed by atoms with Crippen LogP contribution in [0, 0.1) is 12.7 Å². The quantitative estimate of drug-likeness (QED) is 0.662. The standard InChI is InChI=1S/C19H11FN2O5/c1-10-15(16(21-26-10)11-6-8-12(20)9-7-11)19(25)27-22-17(23)13-4-2-3-5-14(13)18(22)24/h2-9H,1H3. The number of nitrogens with zero attached hydrogens (tertiary/aromatic N) is 2. The molecule has 0 unspecified atom stereocenters. The van der Waals surface area contributed by atoms with Crippen molar-refractivity contribution in [1.29, 1.82) is 0 Å². The van der Waals surface area contributed by atoms with Gasteiger partial charge in [0.05, 0.1) is 11.1 Å². The largest absolute Gasteiger partial charge is 0.369 e. The molecule has 0 aliphatic carbocycles. The second-order valence-corrected chi connectivity index (χ2v) is 5.80. The molecule has 0 radical (unpaired) electrons. The number of fused-ring (bicyclic) bond motifs is 1. The van der Waals surface area contributed by atoms with Crippen LogP contribution in [0.2, 0.25) is 0 Å². The Hall–Kier alpha value is -3.81. The van der Waals surface area contributed by atoms with Gasteiger partial charge in [-0.15, -0.1) is 0 Å². The fraction of sp³-hybridized carbons (Fsp3) is 0.0526. The highest BCUT2D eigenvalue weighted by Gasteiger charge is 2.39. The predicted octanol–water partition coefficient (Wildman–Crippen LogP) is 3.16. The topological polar surface area (TPSA) is 89.7 Å². The zero-order valence-electron chi connectivity index (χ0n) is 13.9. The summed E-state index contributed by atoms with van der Waals surface area (Å²) in [5.41, 5.74) is 0.780. The van der Waals surface area contributed by atoms with Crippen molar-refractivity contribution in [3.8, 4) is 11.3 Å². The summed E-state index contributed by atoms with van der Waals surface area (Å²) >= 11 is 0. The number of amides is 2. The van der Waals surface area contributed by atoms with Gasteiger partial charge >= 0.3 is 5.97 Å².